The van der Waals surface area contributed by atoms with Crippen LogP contribution in [0.2, 0.25) is 0 Å². The van der Waals surface area contributed by atoms with E-state index in [0.717, 1.165) is 18.0 Å². The van der Waals surface area contributed by atoms with Crippen LogP contribution in [-0.4, -0.2) is 26.8 Å². The maximum absolute atomic E-state index is 5.60. The van der Waals surface area contributed by atoms with Crippen molar-refractivity contribution in [1.82, 2.24) is 5.32 Å². The topological polar surface area (TPSA) is 30.5 Å². The largest absolute Gasteiger partial charge is 0.490 e. The van der Waals surface area contributed by atoms with Crippen molar-refractivity contribution in [1.29, 1.82) is 0 Å². The van der Waals surface area contributed by atoms with Crippen LogP contribution in [0.25, 0.3) is 0 Å². The van der Waals surface area contributed by atoms with E-state index in [2.05, 4.69) is 5.32 Å². The summed E-state index contributed by atoms with van der Waals surface area (Å²) in [5.74, 6) is 1.59. The van der Waals surface area contributed by atoms with Crippen LogP contribution in [0.15, 0.2) is 36.4 Å². The highest BCUT2D eigenvalue weighted by Crippen LogP contribution is 2.26. The minimum absolute atomic E-state index is 0.561. The van der Waals surface area contributed by atoms with Gasteiger partial charge in [0.05, 0.1) is 6.61 Å². The average Bonchev–Trinajstić information content (AvgIpc) is 2.31. The molecule has 1 N–H and O–H groups in total. The molecule has 0 aromatic heterocycles. The minimum Gasteiger partial charge on any atom is -0.490 e. The van der Waals surface area contributed by atoms with E-state index in [1.807, 2.05) is 50.4 Å². The second-order valence-corrected chi connectivity index (χ2v) is 3.22. The lowest BCUT2D eigenvalue weighted by atomic mass is 10.3. The quantitative estimate of drug-likeness (QED) is 0.716. The number of benzene rings is 1. The Kier molecular flexibility index (Phi) is 6.11. The van der Waals surface area contributed by atoms with Crippen LogP contribution in [0.4, 0.5) is 0 Å². The van der Waals surface area contributed by atoms with E-state index in [-0.39, 0.29) is 0 Å². The van der Waals surface area contributed by atoms with Gasteiger partial charge in [-0.05, 0) is 26.1 Å². The van der Waals surface area contributed by atoms with Crippen molar-refractivity contribution in [2.75, 3.05) is 26.8 Å². The van der Waals surface area contributed by atoms with Crippen molar-refractivity contribution in [3.63, 3.8) is 0 Å². The summed E-state index contributed by atoms with van der Waals surface area (Å²) in [5.41, 5.74) is 0. The molecule has 0 amide bonds. The highest BCUT2D eigenvalue weighted by atomic mass is 16.5. The molecule has 3 heteroatoms. The summed E-state index contributed by atoms with van der Waals surface area (Å²) in [6, 6.07) is 7.71. The summed E-state index contributed by atoms with van der Waals surface area (Å²) in [4.78, 5) is 0. The third-order valence-electron chi connectivity index (χ3n) is 1.97. The van der Waals surface area contributed by atoms with Crippen molar-refractivity contribution in [3.05, 3.63) is 36.4 Å². The van der Waals surface area contributed by atoms with Crippen molar-refractivity contribution >= 4 is 0 Å². The summed E-state index contributed by atoms with van der Waals surface area (Å²) >= 11 is 0. The molecule has 1 aromatic rings. The Hall–Kier alpha value is -1.48. The molecule has 0 aliphatic carbocycles. The first-order valence-electron chi connectivity index (χ1n) is 5.52. The summed E-state index contributed by atoms with van der Waals surface area (Å²) in [7, 11) is 1.91. The Bertz CT molecular complexity index is 323. The van der Waals surface area contributed by atoms with Crippen LogP contribution < -0.4 is 14.8 Å². The van der Waals surface area contributed by atoms with Crippen LogP contribution in [-0.2, 0) is 0 Å². The molecule has 0 aliphatic heterocycles. The molecule has 0 atom stereocenters. The van der Waals surface area contributed by atoms with E-state index in [1.54, 1.807) is 0 Å². The van der Waals surface area contributed by atoms with Crippen LogP contribution >= 0.6 is 0 Å². The standard InChI is InChI=1S/C13H19NO2/c1-3-15-12-8-4-5-9-13(12)16-11-7-6-10-14-2/h4-9,14H,3,10-11H2,1-2H3/b7-6+. The van der Waals surface area contributed by atoms with E-state index in [4.69, 9.17) is 9.47 Å². The number of ether oxygens (including phenoxy) is 2. The average molecular weight is 221 g/mol. The lowest BCUT2D eigenvalue weighted by Crippen LogP contribution is -2.05. The molecule has 0 radical (unpaired) electrons. The van der Waals surface area contributed by atoms with Crippen LogP contribution in [0.1, 0.15) is 6.92 Å². The molecule has 0 bridgehead atoms. The summed E-state index contributed by atoms with van der Waals surface area (Å²) in [6.07, 6.45) is 4.02. The number of hydrogen-bond acceptors (Lipinski definition) is 3. The zero-order valence-corrected chi connectivity index (χ0v) is 9.90. The summed E-state index contributed by atoms with van der Waals surface area (Å²) in [6.45, 7) is 4.03. The molecule has 16 heavy (non-hydrogen) atoms. The van der Waals surface area contributed by atoms with Gasteiger partial charge in [0, 0.05) is 6.54 Å². The van der Waals surface area contributed by atoms with Crippen LogP contribution in [0.5, 0.6) is 11.5 Å². The van der Waals surface area contributed by atoms with Gasteiger partial charge in [-0.2, -0.15) is 0 Å². The van der Waals surface area contributed by atoms with E-state index in [0.29, 0.717) is 13.2 Å². The molecule has 0 fully saturated rings. The number of likely N-dealkylation sites (N-methyl/N-ethyl adjacent to an activating group) is 1. The van der Waals surface area contributed by atoms with Gasteiger partial charge in [-0.25, -0.2) is 0 Å². The van der Waals surface area contributed by atoms with Gasteiger partial charge in [0.1, 0.15) is 6.61 Å². The normalized spacial score (nSPS) is 10.6. The molecule has 0 aliphatic rings. The van der Waals surface area contributed by atoms with Crippen molar-refractivity contribution in [2.45, 2.75) is 6.92 Å². The molecular weight excluding hydrogens is 202 g/mol. The van der Waals surface area contributed by atoms with Gasteiger partial charge in [0.15, 0.2) is 11.5 Å². The van der Waals surface area contributed by atoms with Crippen molar-refractivity contribution in [2.24, 2.45) is 0 Å². The molecule has 0 spiro atoms. The Labute approximate surface area is 97.1 Å². The summed E-state index contributed by atoms with van der Waals surface area (Å²) < 4.78 is 11.1. The molecular formula is C13H19NO2. The van der Waals surface area contributed by atoms with Gasteiger partial charge >= 0.3 is 0 Å². The molecule has 1 rings (SSSR count). The van der Waals surface area contributed by atoms with E-state index in [9.17, 15) is 0 Å². The zero-order chi connectivity index (χ0) is 11.6. The number of rotatable bonds is 7. The van der Waals surface area contributed by atoms with E-state index >= 15 is 0 Å². The fourth-order valence-corrected chi connectivity index (χ4v) is 1.25. The number of nitrogens with one attached hydrogen (secondary N) is 1. The van der Waals surface area contributed by atoms with Gasteiger partial charge < -0.3 is 14.8 Å². The fraction of sp³-hybridized carbons (Fsp3) is 0.385. The van der Waals surface area contributed by atoms with Gasteiger partial charge in [-0.15, -0.1) is 0 Å². The highest BCUT2D eigenvalue weighted by molar-refractivity contribution is 5.39. The molecule has 88 valence electrons. The first-order valence-corrected chi connectivity index (χ1v) is 5.52. The van der Waals surface area contributed by atoms with Gasteiger partial charge in [-0.1, -0.05) is 24.3 Å². The van der Waals surface area contributed by atoms with Gasteiger partial charge in [0.25, 0.3) is 0 Å². The summed E-state index contributed by atoms with van der Waals surface area (Å²) in [5, 5.41) is 3.03. The predicted octanol–water partition coefficient (Wildman–Crippen LogP) is 2.24. The van der Waals surface area contributed by atoms with Crippen LogP contribution in [0.3, 0.4) is 0 Å². The molecule has 0 saturated heterocycles. The maximum atomic E-state index is 5.60. The Morgan fingerprint density at radius 3 is 2.44 bits per heavy atom. The van der Waals surface area contributed by atoms with Gasteiger partial charge in [-0.3, -0.25) is 0 Å². The Morgan fingerprint density at radius 2 is 1.81 bits per heavy atom. The fourth-order valence-electron chi connectivity index (χ4n) is 1.25. The third kappa shape index (κ3) is 4.36. The Balaban J connectivity index is 2.46. The Morgan fingerprint density at radius 1 is 1.12 bits per heavy atom. The first-order chi connectivity index (χ1) is 7.88. The third-order valence-corrected chi connectivity index (χ3v) is 1.97. The lowest BCUT2D eigenvalue weighted by molar-refractivity contribution is 0.296. The predicted molar refractivity (Wildman–Crippen MR) is 66.2 cm³/mol. The van der Waals surface area contributed by atoms with Crippen molar-refractivity contribution < 1.29 is 9.47 Å². The SMILES string of the molecule is CCOc1ccccc1OC/C=C/CNC. The zero-order valence-electron chi connectivity index (χ0n) is 9.90. The minimum atomic E-state index is 0.561. The second kappa shape index (κ2) is 7.77. The molecule has 3 nitrogen and oxygen atoms in total. The van der Waals surface area contributed by atoms with Crippen LogP contribution in [0, 0.1) is 0 Å². The molecule has 1 aromatic carbocycles. The maximum Gasteiger partial charge on any atom is 0.161 e. The second-order valence-electron chi connectivity index (χ2n) is 3.22. The van der Waals surface area contributed by atoms with E-state index in [1.165, 1.54) is 0 Å². The van der Waals surface area contributed by atoms with E-state index < -0.39 is 0 Å². The highest BCUT2D eigenvalue weighted by Gasteiger charge is 2.01. The number of hydrogen-bond donors (Lipinski definition) is 1. The lowest BCUT2D eigenvalue weighted by Gasteiger charge is -2.09. The molecule has 0 unspecified atom stereocenters. The van der Waals surface area contributed by atoms with Crippen molar-refractivity contribution in [3.8, 4) is 11.5 Å². The number of para-hydroxylation sites is 2. The smallest absolute Gasteiger partial charge is 0.161 e. The molecule has 0 heterocycles. The monoisotopic (exact) mass is 221 g/mol. The van der Waals surface area contributed by atoms with Gasteiger partial charge in [0.2, 0.25) is 0 Å². The first kappa shape index (κ1) is 12.6. The molecule has 0 saturated carbocycles.